The number of amides is 1. The Balaban J connectivity index is 1.32. The molecule has 0 radical (unpaired) electrons. The Labute approximate surface area is 161 Å². The number of para-hydroxylation sites is 1. The number of ether oxygens (including phenoxy) is 2. The predicted octanol–water partition coefficient (Wildman–Crippen LogP) is 3.25. The molecule has 0 fully saturated rings. The number of aromatic nitrogens is 2. The normalized spacial score (nSPS) is 12.4. The first kappa shape index (κ1) is 17.8. The van der Waals surface area contributed by atoms with Crippen LogP contribution in [0.5, 0.6) is 11.5 Å². The van der Waals surface area contributed by atoms with Gasteiger partial charge in [0.25, 0.3) is 0 Å². The van der Waals surface area contributed by atoms with Crippen molar-refractivity contribution in [2.75, 3.05) is 18.5 Å². The first-order valence-electron chi connectivity index (χ1n) is 9.03. The van der Waals surface area contributed by atoms with Crippen LogP contribution in [-0.2, 0) is 4.79 Å². The third-order valence-corrected chi connectivity index (χ3v) is 4.32. The van der Waals surface area contributed by atoms with Crippen molar-refractivity contribution >= 4 is 17.5 Å². The van der Waals surface area contributed by atoms with Gasteiger partial charge in [-0.05, 0) is 30.3 Å². The van der Waals surface area contributed by atoms with Crippen LogP contribution in [0, 0.1) is 0 Å². The molecule has 2 heterocycles. The molecule has 0 saturated carbocycles. The molecule has 3 aromatic rings. The first-order valence-corrected chi connectivity index (χ1v) is 9.03. The van der Waals surface area contributed by atoms with E-state index in [4.69, 9.17) is 9.47 Å². The van der Waals surface area contributed by atoms with Gasteiger partial charge in [-0.15, -0.1) is 0 Å². The zero-order valence-electron chi connectivity index (χ0n) is 15.1. The second-order valence-electron chi connectivity index (χ2n) is 6.31. The van der Waals surface area contributed by atoms with Gasteiger partial charge in [-0.1, -0.05) is 18.2 Å². The van der Waals surface area contributed by atoms with Crippen LogP contribution >= 0.6 is 0 Å². The molecule has 1 aliphatic rings. The number of fused-ring (bicyclic) bond motifs is 1. The molecule has 0 unspecified atom stereocenters. The average Bonchev–Trinajstić information content (AvgIpc) is 3.20. The quantitative estimate of drug-likeness (QED) is 0.667. The van der Waals surface area contributed by atoms with Gasteiger partial charge in [-0.25, -0.2) is 4.68 Å². The molecule has 28 heavy (non-hydrogen) atoms. The van der Waals surface area contributed by atoms with Crippen LogP contribution in [0.2, 0.25) is 0 Å². The summed E-state index contributed by atoms with van der Waals surface area (Å²) in [4.78, 5) is 24.5. The van der Waals surface area contributed by atoms with Crippen molar-refractivity contribution in [3.05, 3.63) is 66.4 Å². The third-order valence-electron chi connectivity index (χ3n) is 4.32. The lowest BCUT2D eigenvalue weighted by molar-refractivity contribution is -0.116. The lowest BCUT2D eigenvalue weighted by Gasteiger charge is -2.18. The predicted molar refractivity (Wildman–Crippen MR) is 103 cm³/mol. The molecule has 0 bridgehead atoms. The van der Waals surface area contributed by atoms with Crippen LogP contribution in [0.25, 0.3) is 5.69 Å². The Hall–Kier alpha value is -3.61. The summed E-state index contributed by atoms with van der Waals surface area (Å²) >= 11 is 0. The van der Waals surface area contributed by atoms with Crippen molar-refractivity contribution in [1.29, 1.82) is 0 Å². The van der Waals surface area contributed by atoms with Crippen LogP contribution in [0.3, 0.4) is 0 Å². The standard InChI is InChI=1S/C21H19N3O4/c25-17(15-6-8-18-19(14-15)28-13-12-27-18)7-9-21(26)22-20-10-11-24(23-20)16-4-2-1-3-5-16/h1-6,8,10-11,14H,7,9,12-13H2,(H,22,23,26). The van der Waals surface area contributed by atoms with Crippen molar-refractivity contribution in [2.45, 2.75) is 12.8 Å². The van der Waals surface area contributed by atoms with Gasteiger partial charge in [0.05, 0.1) is 5.69 Å². The van der Waals surface area contributed by atoms with Gasteiger partial charge >= 0.3 is 0 Å². The number of nitrogens with one attached hydrogen (secondary N) is 1. The highest BCUT2D eigenvalue weighted by Crippen LogP contribution is 2.31. The minimum absolute atomic E-state index is 0.0749. The second-order valence-corrected chi connectivity index (χ2v) is 6.31. The molecule has 7 nitrogen and oxygen atoms in total. The lowest BCUT2D eigenvalue weighted by Crippen LogP contribution is -2.16. The molecule has 142 valence electrons. The maximum absolute atomic E-state index is 12.4. The summed E-state index contributed by atoms with van der Waals surface area (Å²) in [6, 6.07) is 16.4. The monoisotopic (exact) mass is 377 g/mol. The van der Waals surface area contributed by atoms with E-state index in [1.807, 2.05) is 30.3 Å². The number of Topliss-reactive ketones (excluding diaryl/α,β-unsaturated/α-hetero) is 1. The van der Waals surface area contributed by atoms with Crippen molar-refractivity contribution in [1.82, 2.24) is 9.78 Å². The van der Waals surface area contributed by atoms with Gasteiger partial charge in [-0.3, -0.25) is 9.59 Å². The number of rotatable bonds is 6. The molecule has 0 atom stereocenters. The van der Waals surface area contributed by atoms with Crippen LogP contribution < -0.4 is 14.8 Å². The highest BCUT2D eigenvalue weighted by Gasteiger charge is 2.16. The number of hydrogen-bond acceptors (Lipinski definition) is 5. The van der Waals surface area contributed by atoms with Crippen LogP contribution in [0.4, 0.5) is 5.82 Å². The van der Waals surface area contributed by atoms with Crippen molar-refractivity contribution in [3.63, 3.8) is 0 Å². The Morgan fingerprint density at radius 1 is 0.964 bits per heavy atom. The van der Waals surface area contributed by atoms with Gasteiger partial charge < -0.3 is 14.8 Å². The lowest BCUT2D eigenvalue weighted by atomic mass is 10.1. The van der Waals surface area contributed by atoms with Crippen LogP contribution in [-0.4, -0.2) is 34.7 Å². The van der Waals surface area contributed by atoms with Crippen LogP contribution in [0.1, 0.15) is 23.2 Å². The molecular formula is C21H19N3O4. The van der Waals surface area contributed by atoms with E-state index in [9.17, 15) is 9.59 Å². The molecule has 0 saturated heterocycles. The summed E-state index contributed by atoms with van der Waals surface area (Å²) in [5.74, 6) is 1.26. The largest absolute Gasteiger partial charge is 0.486 e. The Kier molecular flexibility index (Phi) is 5.05. The summed E-state index contributed by atoms with van der Waals surface area (Å²) in [6.45, 7) is 0.961. The second kappa shape index (κ2) is 7.96. The summed E-state index contributed by atoms with van der Waals surface area (Å²) in [5, 5.41) is 7.04. The zero-order valence-corrected chi connectivity index (χ0v) is 15.1. The zero-order chi connectivity index (χ0) is 19.3. The number of anilines is 1. The summed E-state index contributed by atoms with van der Waals surface area (Å²) < 4.78 is 12.6. The van der Waals surface area contributed by atoms with Gasteiger partial charge in [0.15, 0.2) is 23.1 Å². The number of ketones is 1. The minimum Gasteiger partial charge on any atom is -0.486 e. The van der Waals surface area contributed by atoms with E-state index in [0.29, 0.717) is 36.1 Å². The van der Waals surface area contributed by atoms with Crippen molar-refractivity contribution < 1.29 is 19.1 Å². The summed E-state index contributed by atoms with van der Waals surface area (Å²) in [6.07, 6.45) is 1.95. The Morgan fingerprint density at radius 3 is 2.57 bits per heavy atom. The number of hydrogen-bond donors (Lipinski definition) is 1. The molecular weight excluding hydrogens is 358 g/mol. The van der Waals surface area contributed by atoms with Gasteiger partial charge in [0.1, 0.15) is 13.2 Å². The molecule has 0 spiro atoms. The highest BCUT2D eigenvalue weighted by atomic mass is 16.6. The number of carbonyl (C=O) groups excluding carboxylic acids is 2. The SMILES string of the molecule is O=C(CCC(=O)c1ccc2c(c1)OCCO2)Nc1ccn(-c2ccccc2)n1. The van der Waals surface area contributed by atoms with Crippen molar-refractivity contribution in [2.24, 2.45) is 0 Å². The molecule has 4 rings (SSSR count). The molecule has 1 aliphatic heterocycles. The number of benzene rings is 2. The molecule has 1 N–H and O–H groups in total. The molecule has 7 heteroatoms. The summed E-state index contributed by atoms with van der Waals surface area (Å²) in [5.41, 5.74) is 1.40. The van der Waals surface area contributed by atoms with E-state index >= 15 is 0 Å². The molecule has 0 aliphatic carbocycles. The highest BCUT2D eigenvalue weighted by molar-refractivity contribution is 6.00. The fraction of sp³-hybridized carbons (Fsp3) is 0.190. The van der Waals surface area contributed by atoms with Gasteiger partial charge in [0.2, 0.25) is 5.91 Å². The minimum atomic E-state index is -0.260. The molecule has 1 amide bonds. The number of nitrogens with zero attached hydrogens (tertiary/aromatic N) is 2. The maximum atomic E-state index is 12.4. The topological polar surface area (TPSA) is 82.5 Å². The Morgan fingerprint density at radius 2 is 1.75 bits per heavy atom. The van der Waals surface area contributed by atoms with E-state index in [1.165, 1.54) is 0 Å². The smallest absolute Gasteiger partial charge is 0.226 e. The average molecular weight is 377 g/mol. The fourth-order valence-corrected chi connectivity index (χ4v) is 2.91. The van der Waals surface area contributed by atoms with E-state index in [1.54, 1.807) is 35.1 Å². The van der Waals surface area contributed by atoms with E-state index < -0.39 is 0 Å². The number of carbonyl (C=O) groups is 2. The fourth-order valence-electron chi connectivity index (χ4n) is 2.91. The van der Waals surface area contributed by atoms with E-state index in [-0.39, 0.29) is 24.5 Å². The summed E-state index contributed by atoms with van der Waals surface area (Å²) in [7, 11) is 0. The molecule has 2 aromatic carbocycles. The van der Waals surface area contributed by atoms with Crippen LogP contribution in [0.15, 0.2) is 60.8 Å². The third kappa shape index (κ3) is 4.03. The van der Waals surface area contributed by atoms with E-state index in [0.717, 1.165) is 5.69 Å². The Bertz CT molecular complexity index is 998. The molecule has 1 aromatic heterocycles. The van der Waals surface area contributed by atoms with Gasteiger partial charge in [0, 0.05) is 30.7 Å². The van der Waals surface area contributed by atoms with Gasteiger partial charge in [-0.2, -0.15) is 5.10 Å². The maximum Gasteiger partial charge on any atom is 0.226 e. The van der Waals surface area contributed by atoms with Crippen molar-refractivity contribution in [3.8, 4) is 17.2 Å². The first-order chi connectivity index (χ1) is 13.7. The van der Waals surface area contributed by atoms with E-state index in [2.05, 4.69) is 10.4 Å².